The van der Waals surface area contributed by atoms with E-state index in [9.17, 15) is 4.39 Å². The maximum absolute atomic E-state index is 13.3. The molecule has 0 unspecified atom stereocenters. The van der Waals surface area contributed by atoms with E-state index in [1.807, 2.05) is 13.0 Å². The molecule has 2 heterocycles. The van der Waals surface area contributed by atoms with Crippen LogP contribution in [0.2, 0.25) is 0 Å². The van der Waals surface area contributed by atoms with E-state index in [1.54, 1.807) is 18.3 Å². The molecular formula is C11H11FN2S. The molecule has 0 aliphatic rings. The Labute approximate surface area is 91.6 Å². The van der Waals surface area contributed by atoms with E-state index in [-0.39, 0.29) is 5.82 Å². The van der Waals surface area contributed by atoms with Crippen LogP contribution < -0.4 is 5.73 Å². The highest BCUT2D eigenvalue weighted by atomic mass is 32.1. The molecule has 0 aliphatic carbocycles. The second-order valence-corrected chi connectivity index (χ2v) is 4.74. The molecule has 0 radical (unpaired) electrons. The van der Waals surface area contributed by atoms with Crippen LogP contribution in [0.4, 0.5) is 10.2 Å². The summed E-state index contributed by atoms with van der Waals surface area (Å²) < 4.78 is 13.3. The van der Waals surface area contributed by atoms with Crippen molar-refractivity contribution in [2.45, 2.75) is 13.3 Å². The van der Waals surface area contributed by atoms with E-state index in [2.05, 4.69) is 4.98 Å². The summed E-state index contributed by atoms with van der Waals surface area (Å²) in [5, 5.41) is 0. The fourth-order valence-electron chi connectivity index (χ4n) is 1.38. The SMILES string of the molecule is Cc1cc(F)c(Cc2ccc(N)nc2)s1. The number of nitrogens with two attached hydrogens (primary N) is 1. The first-order valence-corrected chi connectivity index (χ1v) is 5.42. The molecule has 0 aliphatic heterocycles. The summed E-state index contributed by atoms with van der Waals surface area (Å²) in [6.45, 7) is 1.90. The second kappa shape index (κ2) is 3.98. The molecule has 15 heavy (non-hydrogen) atoms. The Kier molecular flexibility index (Phi) is 2.68. The topological polar surface area (TPSA) is 38.9 Å². The summed E-state index contributed by atoms with van der Waals surface area (Å²) in [5.74, 6) is 0.357. The largest absolute Gasteiger partial charge is 0.384 e. The zero-order chi connectivity index (χ0) is 10.8. The predicted molar refractivity (Wildman–Crippen MR) is 60.5 cm³/mol. The monoisotopic (exact) mass is 222 g/mol. The number of aromatic nitrogens is 1. The molecule has 4 heteroatoms. The lowest BCUT2D eigenvalue weighted by Gasteiger charge is -1.99. The number of thiophene rings is 1. The Morgan fingerprint density at radius 3 is 2.80 bits per heavy atom. The minimum absolute atomic E-state index is 0.130. The van der Waals surface area contributed by atoms with Crippen molar-refractivity contribution in [2.75, 3.05) is 5.73 Å². The lowest BCUT2D eigenvalue weighted by molar-refractivity contribution is 0.621. The van der Waals surface area contributed by atoms with Crippen molar-refractivity contribution in [2.24, 2.45) is 0 Å². The van der Waals surface area contributed by atoms with Crippen LogP contribution in [0.5, 0.6) is 0 Å². The summed E-state index contributed by atoms with van der Waals surface area (Å²) in [5.41, 5.74) is 6.45. The highest BCUT2D eigenvalue weighted by molar-refractivity contribution is 7.11. The zero-order valence-electron chi connectivity index (χ0n) is 8.33. The first kappa shape index (κ1) is 10.1. The number of anilines is 1. The number of aryl methyl sites for hydroxylation is 1. The Morgan fingerprint density at radius 2 is 2.27 bits per heavy atom. The van der Waals surface area contributed by atoms with E-state index in [4.69, 9.17) is 5.73 Å². The second-order valence-electron chi connectivity index (χ2n) is 3.40. The minimum atomic E-state index is -0.130. The van der Waals surface area contributed by atoms with Gasteiger partial charge in [-0.1, -0.05) is 6.07 Å². The quantitative estimate of drug-likeness (QED) is 0.848. The van der Waals surface area contributed by atoms with Gasteiger partial charge in [0.05, 0.1) is 0 Å². The molecule has 0 amide bonds. The van der Waals surface area contributed by atoms with Gasteiger partial charge in [-0.3, -0.25) is 0 Å². The minimum Gasteiger partial charge on any atom is -0.384 e. The van der Waals surface area contributed by atoms with Gasteiger partial charge in [-0.2, -0.15) is 0 Å². The van der Waals surface area contributed by atoms with Crippen LogP contribution in [0.25, 0.3) is 0 Å². The average Bonchev–Trinajstić information content (AvgIpc) is 2.49. The molecule has 78 valence electrons. The lowest BCUT2D eigenvalue weighted by Crippen LogP contribution is -1.92. The van der Waals surface area contributed by atoms with Crippen LogP contribution in [-0.4, -0.2) is 4.98 Å². The van der Waals surface area contributed by atoms with Crippen LogP contribution in [0, 0.1) is 12.7 Å². The van der Waals surface area contributed by atoms with Gasteiger partial charge in [0.25, 0.3) is 0 Å². The molecule has 0 spiro atoms. The highest BCUT2D eigenvalue weighted by Crippen LogP contribution is 2.23. The molecule has 0 fully saturated rings. The van der Waals surface area contributed by atoms with E-state index >= 15 is 0 Å². The van der Waals surface area contributed by atoms with Crippen molar-refractivity contribution in [3.8, 4) is 0 Å². The third-order valence-corrected chi connectivity index (χ3v) is 3.12. The van der Waals surface area contributed by atoms with Crippen LogP contribution in [0.1, 0.15) is 15.3 Å². The molecule has 0 bridgehead atoms. The highest BCUT2D eigenvalue weighted by Gasteiger charge is 2.07. The number of halogens is 1. The van der Waals surface area contributed by atoms with Gasteiger partial charge in [-0.05, 0) is 24.6 Å². The first-order chi connectivity index (χ1) is 7.15. The average molecular weight is 222 g/mol. The number of hydrogen-bond acceptors (Lipinski definition) is 3. The number of hydrogen-bond donors (Lipinski definition) is 1. The molecular weight excluding hydrogens is 211 g/mol. The van der Waals surface area contributed by atoms with Gasteiger partial charge in [0.15, 0.2) is 0 Å². The molecule has 2 nitrogen and oxygen atoms in total. The van der Waals surface area contributed by atoms with E-state index in [0.29, 0.717) is 12.2 Å². The summed E-state index contributed by atoms with van der Waals surface area (Å²) in [7, 11) is 0. The third kappa shape index (κ3) is 2.33. The smallest absolute Gasteiger partial charge is 0.137 e. The Balaban J connectivity index is 2.21. The zero-order valence-corrected chi connectivity index (χ0v) is 9.14. The molecule has 0 aromatic carbocycles. The fraction of sp³-hybridized carbons (Fsp3) is 0.182. The van der Waals surface area contributed by atoms with Crippen LogP contribution >= 0.6 is 11.3 Å². The number of pyridine rings is 1. The number of rotatable bonds is 2. The molecule has 2 rings (SSSR count). The number of nitrogen functional groups attached to an aromatic ring is 1. The van der Waals surface area contributed by atoms with Gasteiger partial charge in [0.1, 0.15) is 11.6 Å². The third-order valence-electron chi connectivity index (χ3n) is 2.09. The molecule has 0 saturated heterocycles. The first-order valence-electron chi connectivity index (χ1n) is 4.60. The van der Waals surface area contributed by atoms with Gasteiger partial charge in [0.2, 0.25) is 0 Å². The fourth-order valence-corrected chi connectivity index (χ4v) is 2.32. The van der Waals surface area contributed by atoms with E-state index in [0.717, 1.165) is 15.3 Å². The van der Waals surface area contributed by atoms with Gasteiger partial charge in [0, 0.05) is 22.4 Å². The lowest BCUT2D eigenvalue weighted by atomic mass is 10.2. The van der Waals surface area contributed by atoms with Crippen LogP contribution in [0.15, 0.2) is 24.4 Å². The van der Waals surface area contributed by atoms with E-state index < -0.39 is 0 Å². The maximum Gasteiger partial charge on any atom is 0.137 e. The van der Waals surface area contributed by atoms with Crippen molar-refractivity contribution < 1.29 is 4.39 Å². The van der Waals surface area contributed by atoms with E-state index in [1.165, 1.54) is 11.3 Å². The van der Waals surface area contributed by atoms with Crippen molar-refractivity contribution in [1.29, 1.82) is 0 Å². The molecule has 2 aromatic heterocycles. The molecule has 2 aromatic rings. The van der Waals surface area contributed by atoms with Crippen molar-refractivity contribution in [3.63, 3.8) is 0 Å². The Morgan fingerprint density at radius 1 is 1.47 bits per heavy atom. The van der Waals surface area contributed by atoms with Crippen LogP contribution in [0.3, 0.4) is 0 Å². The Hall–Kier alpha value is -1.42. The standard InChI is InChI=1S/C11H11FN2S/c1-7-4-9(12)10(15-7)5-8-2-3-11(13)14-6-8/h2-4,6H,5H2,1H3,(H2,13,14). The predicted octanol–water partition coefficient (Wildman–Crippen LogP) is 2.76. The Bertz CT molecular complexity index is 462. The summed E-state index contributed by atoms with van der Waals surface area (Å²) >= 11 is 1.48. The molecule has 2 N–H and O–H groups in total. The van der Waals surface area contributed by atoms with Gasteiger partial charge in [-0.15, -0.1) is 11.3 Å². The van der Waals surface area contributed by atoms with Crippen molar-refractivity contribution >= 4 is 17.2 Å². The van der Waals surface area contributed by atoms with Crippen LogP contribution in [-0.2, 0) is 6.42 Å². The van der Waals surface area contributed by atoms with Gasteiger partial charge < -0.3 is 5.73 Å². The molecule has 0 saturated carbocycles. The van der Waals surface area contributed by atoms with Gasteiger partial charge >= 0.3 is 0 Å². The summed E-state index contributed by atoms with van der Waals surface area (Å²) in [4.78, 5) is 5.71. The normalized spacial score (nSPS) is 10.5. The van der Waals surface area contributed by atoms with Gasteiger partial charge in [-0.25, -0.2) is 9.37 Å². The van der Waals surface area contributed by atoms with Crippen molar-refractivity contribution in [1.82, 2.24) is 4.98 Å². The maximum atomic E-state index is 13.3. The van der Waals surface area contributed by atoms with Crippen molar-refractivity contribution in [3.05, 3.63) is 45.5 Å². The number of nitrogens with zero attached hydrogens (tertiary/aromatic N) is 1. The summed E-state index contributed by atoms with van der Waals surface area (Å²) in [6, 6.07) is 5.16. The summed E-state index contributed by atoms with van der Waals surface area (Å²) in [6.07, 6.45) is 2.27. The molecule has 0 atom stereocenters.